The average Bonchev–Trinajstić information content (AvgIpc) is 3.08. The molecule has 3 aromatic rings. The normalized spacial score (nSPS) is 14.8. The van der Waals surface area contributed by atoms with Crippen molar-refractivity contribution in [3.8, 4) is 5.69 Å². The summed E-state index contributed by atoms with van der Waals surface area (Å²) in [5.74, 6) is -0.0246. The van der Waals surface area contributed by atoms with Gasteiger partial charge in [-0.2, -0.15) is 5.10 Å². The van der Waals surface area contributed by atoms with Crippen LogP contribution < -0.4 is 10.2 Å². The van der Waals surface area contributed by atoms with Crippen LogP contribution in [0.25, 0.3) is 5.69 Å². The Morgan fingerprint density at radius 3 is 2.62 bits per heavy atom. The highest BCUT2D eigenvalue weighted by Crippen LogP contribution is 2.27. The van der Waals surface area contributed by atoms with E-state index in [1.165, 1.54) is 16.4 Å². The van der Waals surface area contributed by atoms with Crippen molar-refractivity contribution in [3.63, 3.8) is 0 Å². The number of aromatic nitrogens is 3. The first-order valence-corrected chi connectivity index (χ1v) is 9.81. The first-order valence-electron chi connectivity index (χ1n) is 9.81. The van der Waals surface area contributed by atoms with Crippen molar-refractivity contribution in [2.24, 2.45) is 5.92 Å². The van der Waals surface area contributed by atoms with Crippen LogP contribution in [0.2, 0.25) is 0 Å². The van der Waals surface area contributed by atoms with E-state index in [0.717, 1.165) is 31.5 Å². The van der Waals surface area contributed by atoms with Crippen LogP contribution in [0.5, 0.6) is 0 Å². The van der Waals surface area contributed by atoms with Crippen LogP contribution >= 0.6 is 0 Å². The van der Waals surface area contributed by atoms with E-state index in [2.05, 4.69) is 20.3 Å². The third-order valence-corrected chi connectivity index (χ3v) is 5.36. The Labute approximate surface area is 169 Å². The van der Waals surface area contributed by atoms with Crippen LogP contribution in [0, 0.1) is 25.6 Å². The van der Waals surface area contributed by atoms with Gasteiger partial charge in [-0.15, -0.1) is 0 Å². The van der Waals surface area contributed by atoms with E-state index in [9.17, 15) is 9.18 Å². The van der Waals surface area contributed by atoms with Crippen molar-refractivity contribution < 1.29 is 9.18 Å². The smallest absolute Gasteiger partial charge is 0.228 e. The summed E-state index contributed by atoms with van der Waals surface area (Å²) in [7, 11) is 0. The summed E-state index contributed by atoms with van der Waals surface area (Å²) in [6.07, 6.45) is 5.19. The third kappa shape index (κ3) is 3.99. The van der Waals surface area contributed by atoms with Crippen LogP contribution in [-0.4, -0.2) is 33.8 Å². The number of aryl methyl sites for hydroxylation is 2. The molecule has 1 aliphatic heterocycles. The predicted octanol–water partition coefficient (Wildman–Crippen LogP) is 3.88. The number of hydrogen-bond donors (Lipinski definition) is 1. The van der Waals surface area contributed by atoms with Crippen LogP contribution in [0.3, 0.4) is 0 Å². The standard InChI is InChI=1S/C22H24FN5O/c1-15-14-24-10-7-19(15)27-11-8-17(9-12-27)22(29)25-21-13-16(2)26-28(21)20-6-4-3-5-18(20)23/h3-7,10,13-14,17H,8-9,11-12H2,1-2H3,(H,25,29). The molecule has 0 spiro atoms. The average molecular weight is 393 g/mol. The SMILES string of the molecule is Cc1cc(NC(=O)C2CCN(c3ccncc3C)CC2)n(-c2ccccc2F)n1. The van der Waals surface area contributed by atoms with Gasteiger partial charge in [0.1, 0.15) is 17.3 Å². The molecule has 1 fully saturated rings. The van der Waals surface area contributed by atoms with Gasteiger partial charge >= 0.3 is 0 Å². The number of nitrogens with zero attached hydrogens (tertiary/aromatic N) is 4. The molecule has 1 aromatic carbocycles. The van der Waals surface area contributed by atoms with Gasteiger partial charge in [0, 0.05) is 43.2 Å². The molecule has 7 heteroatoms. The molecular formula is C22H24FN5O. The Hall–Kier alpha value is -3.22. The molecule has 0 radical (unpaired) electrons. The topological polar surface area (TPSA) is 63.1 Å². The fourth-order valence-electron chi connectivity index (χ4n) is 3.83. The van der Waals surface area contributed by atoms with Gasteiger partial charge in [-0.1, -0.05) is 12.1 Å². The second kappa shape index (κ2) is 8.03. The van der Waals surface area contributed by atoms with Crippen LogP contribution in [-0.2, 0) is 4.79 Å². The van der Waals surface area contributed by atoms with E-state index in [1.54, 1.807) is 30.5 Å². The molecule has 3 heterocycles. The van der Waals surface area contributed by atoms with Gasteiger partial charge in [-0.25, -0.2) is 9.07 Å². The van der Waals surface area contributed by atoms with E-state index in [-0.39, 0.29) is 17.6 Å². The molecule has 4 rings (SSSR count). The number of amides is 1. The van der Waals surface area contributed by atoms with Gasteiger partial charge in [0.2, 0.25) is 5.91 Å². The van der Waals surface area contributed by atoms with E-state index in [4.69, 9.17) is 0 Å². The second-order valence-corrected chi connectivity index (χ2v) is 7.45. The van der Waals surface area contributed by atoms with Crippen LogP contribution in [0.15, 0.2) is 48.8 Å². The fourth-order valence-corrected chi connectivity index (χ4v) is 3.83. The molecule has 1 aliphatic rings. The summed E-state index contributed by atoms with van der Waals surface area (Å²) in [5, 5.41) is 7.31. The maximum atomic E-state index is 14.2. The summed E-state index contributed by atoms with van der Waals surface area (Å²) in [4.78, 5) is 19.3. The minimum absolute atomic E-state index is 0.0476. The molecule has 1 amide bonds. The van der Waals surface area contributed by atoms with Gasteiger partial charge < -0.3 is 10.2 Å². The number of rotatable bonds is 4. The number of nitrogens with one attached hydrogen (secondary N) is 1. The molecule has 0 unspecified atom stereocenters. The Morgan fingerprint density at radius 2 is 1.90 bits per heavy atom. The number of hydrogen-bond acceptors (Lipinski definition) is 4. The zero-order valence-electron chi connectivity index (χ0n) is 16.6. The molecule has 0 bridgehead atoms. The number of benzene rings is 1. The summed E-state index contributed by atoms with van der Waals surface area (Å²) >= 11 is 0. The van der Waals surface area contributed by atoms with Crippen molar-refractivity contribution in [1.82, 2.24) is 14.8 Å². The largest absolute Gasteiger partial charge is 0.371 e. The zero-order valence-corrected chi connectivity index (χ0v) is 16.6. The zero-order chi connectivity index (χ0) is 20.4. The van der Waals surface area contributed by atoms with E-state index >= 15 is 0 Å². The summed E-state index contributed by atoms with van der Waals surface area (Å²) in [6.45, 7) is 5.50. The summed E-state index contributed by atoms with van der Waals surface area (Å²) in [6, 6.07) is 10.2. The lowest BCUT2D eigenvalue weighted by molar-refractivity contribution is -0.120. The van der Waals surface area contributed by atoms with Crippen molar-refractivity contribution in [2.45, 2.75) is 26.7 Å². The van der Waals surface area contributed by atoms with E-state index in [0.29, 0.717) is 17.2 Å². The molecule has 0 atom stereocenters. The first kappa shape index (κ1) is 19.1. The van der Waals surface area contributed by atoms with Crippen molar-refractivity contribution in [3.05, 3.63) is 65.9 Å². The minimum atomic E-state index is -0.382. The second-order valence-electron chi connectivity index (χ2n) is 7.45. The fraction of sp³-hybridized carbons (Fsp3) is 0.318. The molecule has 0 aliphatic carbocycles. The lowest BCUT2D eigenvalue weighted by atomic mass is 9.95. The number of pyridine rings is 1. The van der Waals surface area contributed by atoms with Gasteiger partial charge in [-0.3, -0.25) is 9.78 Å². The Morgan fingerprint density at radius 1 is 1.14 bits per heavy atom. The molecule has 2 aromatic heterocycles. The highest BCUT2D eigenvalue weighted by atomic mass is 19.1. The Kier molecular flexibility index (Phi) is 5.29. The number of carbonyl (C=O) groups excluding carboxylic acids is 1. The highest BCUT2D eigenvalue weighted by Gasteiger charge is 2.26. The van der Waals surface area contributed by atoms with Gasteiger partial charge in [0.15, 0.2) is 0 Å². The lowest BCUT2D eigenvalue weighted by Gasteiger charge is -2.33. The van der Waals surface area contributed by atoms with Crippen LogP contribution in [0.4, 0.5) is 15.9 Å². The molecule has 0 saturated carbocycles. The lowest BCUT2D eigenvalue weighted by Crippen LogP contribution is -2.38. The monoisotopic (exact) mass is 393 g/mol. The van der Waals surface area contributed by atoms with Gasteiger partial charge in [0.05, 0.1) is 5.69 Å². The summed E-state index contributed by atoms with van der Waals surface area (Å²) < 4.78 is 15.7. The molecular weight excluding hydrogens is 369 g/mol. The summed E-state index contributed by atoms with van der Waals surface area (Å²) in [5.41, 5.74) is 3.34. The minimum Gasteiger partial charge on any atom is -0.371 e. The molecule has 1 saturated heterocycles. The number of piperidine rings is 1. The Bertz CT molecular complexity index is 1020. The van der Waals surface area contributed by atoms with Crippen molar-refractivity contribution >= 4 is 17.4 Å². The Balaban J connectivity index is 1.45. The third-order valence-electron chi connectivity index (χ3n) is 5.36. The van der Waals surface area contributed by atoms with E-state index < -0.39 is 0 Å². The van der Waals surface area contributed by atoms with Crippen LogP contribution in [0.1, 0.15) is 24.1 Å². The van der Waals surface area contributed by atoms with Gasteiger partial charge in [-0.05, 0) is 50.5 Å². The quantitative estimate of drug-likeness (QED) is 0.731. The number of anilines is 2. The maximum Gasteiger partial charge on any atom is 0.228 e. The number of carbonyl (C=O) groups is 1. The predicted molar refractivity (Wildman–Crippen MR) is 111 cm³/mol. The molecule has 6 nitrogen and oxygen atoms in total. The first-order chi connectivity index (χ1) is 14.0. The molecule has 150 valence electrons. The highest BCUT2D eigenvalue weighted by molar-refractivity contribution is 5.92. The van der Waals surface area contributed by atoms with Crippen molar-refractivity contribution in [2.75, 3.05) is 23.3 Å². The van der Waals surface area contributed by atoms with E-state index in [1.807, 2.05) is 26.1 Å². The van der Waals surface area contributed by atoms with Crippen molar-refractivity contribution in [1.29, 1.82) is 0 Å². The molecule has 1 N–H and O–H groups in total. The maximum absolute atomic E-state index is 14.2. The molecule has 29 heavy (non-hydrogen) atoms. The number of para-hydroxylation sites is 1. The number of halogens is 1. The van der Waals surface area contributed by atoms with Gasteiger partial charge in [0.25, 0.3) is 0 Å².